The molecule has 3 aromatic rings. The van der Waals surface area contributed by atoms with Gasteiger partial charge in [0.1, 0.15) is 5.76 Å². The maximum Gasteiger partial charge on any atom is 0.328 e. The molecular formula is C19H16O6. The van der Waals surface area contributed by atoms with Gasteiger partial charge in [0, 0.05) is 17.0 Å². The highest BCUT2D eigenvalue weighted by Gasteiger charge is 2.13. The van der Waals surface area contributed by atoms with E-state index < -0.39 is 5.97 Å². The second-order valence-electron chi connectivity index (χ2n) is 5.31. The van der Waals surface area contributed by atoms with E-state index in [0.29, 0.717) is 34.0 Å². The van der Waals surface area contributed by atoms with E-state index >= 15 is 0 Å². The topological polar surface area (TPSA) is 89.1 Å². The van der Waals surface area contributed by atoms with Crippen LogP contribution < -0.4 is 9.47 Å². The molecule has 0 fully saturated rings. The summed E-state index contributed by atoms with van der Waals surface area (Å²) < 4.78 is 16.2. The number of benzene rings is 2. The van der Waals surface area contributed by atoms with Crippen molar-refractivity contribution in [3.05, 3.63) is 48.0 Å². The monoisotopic (exact) mass is 340 g/mol. The average Bonchev–Trinajstić information content (AvgIpc) is 3.03. The second-order valence-corrected chi connectivity index (χ2v) is 5.31. The van der Waals surface area contributed by atoms with Crippen molar-refractivity contribution in [2.24, 2.45) is 0 Å². The predicted molar refractivity (Wildman–Crippen MR) is 93.1 cm³/mol. The molecule has 0 radical (unpaired) electrons. The fourth-order valence-corrected chi connectivity index (χ4v) is 2.54. The van der Waals surface area contributed by atoms with E-state index in [1.54, 1.807) is 36.4 Å². The van der Waals surface area contributed by atoms with E-state index in [1.807, 2.05) is 0 Å². The Labute approximate surface area is 143 Å². The lowest BCUT2D eigenvalue weighted by Gasteiger charge is -2.04. The zero-order chi connectivity index (χ0) is 18.0. The van der Waals surface area contributed by atoms with Crippen molar-refractivity contribution in [1.29, 1.82) is 0 Å². The normalized spacial score (nSPS) is 11.1. The van der Waals surface area contributed by atoms with E-state index in [9.17, 15) is 9.90 Å². The molecule has 0 aliphatic carbocycles. The number of carboxylic acid groups (broad SMARTS) is 1. The van der Waals surface area contributed by atoms with Gasteiger partial charge in [-0.25, -0.2) is 4.79 Å². The van der Waals surface area contributed by atoms with Crippen LogP contribution in [0.5, 0.6) is 17.2 Å². The van der Waals surface area contributed by atoms with Crippen LogP contribution in [0.3, 0.4) is 0 Å². The Morgan fingerprint density at radius 3 is 2.48 bits per heavy atom. The highest BCUT2D eigenvalue weighted by molar-refractivity contribution is 5.91. The molecule has 0 aliphatic heterocycles. The van der Waals surface area contributed by atoms with Gasteiger partial charge in [0.25, 0.3) is 0 Å². The molecule has 3 rings (SSSR count). The van der Waals surface area contributed by atoms with Crippen molar-refractivity contribution in [2.75, 3.05) is 14.2 Å². The maximum absolute atomic E-state index is 10.7. The van der Waals surface area contributed by atoms with Crippen molar-refractivity contribution < 1.29 is 28.9 Å². The lowest BCUT2D eigenvalue weighted by molar-refractivity contribution is -0.131. The summed E-state index contributed by atoms with van der Waals surface area (Å²) >= 11 is 0. The van der Waals surface area contributed by atoms with Crippen molar-refractivity contribution in [1.82, 2.24) is 0 Å². The first-order valence-electron chi connectivity index (χ1n) is 7.42. The molecule has 1 heterocycles. The molecule has 2 aromatic carbocycles. The number of methoxy groups -OCH3 is 2. The highest BCUT2D eigenvalue weighted by Crippen LogP contribution is 2.37. The summed E-state index contributed by atoms with van der Waals surface area (Å²) in [5.41, 5.74) is 1.90. The van der Waals surface area contributed by atoms with Crippen LogP contribution in [0.1, 0.15) is 5.56 Å². The zero-order valence-corrected chi connectivity index (χ0v) is 13.6. The molecule has 2 N–H and O–H groups in total. The molecule has 0 saturated heterocycles. The number of furan rings is 1. The van der Waals surface area contributed by atoms with Crippen LogP contribution in [0.15, 0.2) is 46.9 Å². The van der Waals surface area contributed by atoms with Gasteiger partial charge in [-0.3, -0.25) is 0 Å². The number of aliphatic carboxylic acids is 1. The van der Waals surface area contributed by atoms with Crippen LogP contribution >= 0.6 is 0 Å². The van der Waals surface area contributed by atoms with E-state index in [4.69, 9.17) is 19.0 Å². The summed E-state index contributed by atoms with van der Waals surface area (Å²) in [4.78, 5) is 10.7. The lowest BCUT2D eigenvalue weighted by atomic mass is 10.1. The number of ether oxygens (including phenoxy) is 2. The molecule has 0 amide bonds. The molecule has 6 heteroatoms. The smallest absolute Gasteiger partial charge is 0.328 e. The van der Waals surface area contributed by atoms with E-state index in [1.165, 1.54) is 20.3 Å². The molecule has 1 aromatic heterocycles. The van der Waals surface area contributed by atoms with Gasteiger partial charge in [0.05, 0.1) is 14.2 Å². The van der Waals surface area contributed by atoms with Crippen molar-refractivity contribution in [3.63, 3.8) is 0 Å². The van der Waals surface area contributed by atoms with Gasteiger partial charge in [0.2, 0.25) is 0 Å². The van der Waals surface area contributed by atoms with Gasteiger partial charge in [-0.1, -0.05) is 0 Å². The number of carboxylic acids is 1. The lowest BCUT2D eigenvalue weighted by Crippen LogP contribution is -1.87. The molecule has 6 nitrogen and oxygen atoms in total. The fourth-order valence-electron chi connectivity index (χ4n) is 2.54. The summed E-state index contributed by atoms with van der Waals surface area (Å²) in [6, 6.07) is 10.3. The Hall–Kier alpha value is -3.41. The molecule has 128 valence electrons. The first-order chi connectivity index (χ1) is 12.0. The van der Waals surface area contributed by atoms with Gasteiger partial charge in [-0.05, 0) is 48.0 Å². The number of fused-ring (bicyclic) bond motifs is 1. The predicted octanol–water partition coefficient (Wildman–Crippen LogP) is 3.92. The Bertz CT molecular complexity index is 967. The summed E-state index contributed by atoms with van der Waals surface area (Å²) in [6.45, 7) is 0. The van der Waals surface area contributed by atoms with Crippen LogP contribution in [0.25, 0.3) is 28.4 Å². The van der Waals surface area contributed by atoms with Crippen molar-refractivity contribution in [2.45, 2.75) is 0 Å². The summed E-state index contributed by atoms with van der Waals surface area (Å²) in [5, 5.41) is 19.5. The van der Waals surface area contributed by atoms with E-state index in [-0.39, 0.29) is 5.75 Å². The number of rotatable bonds is 5. The van der Waals surface area contributed by atoms with Gasteiger partial charge in [-0.15, -0.1) is 0 Å². The van der Waals surface area contributed by atoms with Crippen LogP contribution in [-0.2, 0) is 4.79 Å². The molecule has 0 saturated carbocycles. The Morgan fingerprint density at radius 2 is 1.84 bits per heavy atom. The number of carbonyl (C=O) groups is 1. The van der Waals surface area contributed by atoms with Crippen LogP contribution in [0, 0.1) is 0 Å². The van der Waals surface area contributed by atoms with Gasteiger partial charge < -0.3 is 24.1 Å². The quantitative estimate of drug-likeness (QED) is 0.684. The highest BCUT2D eigenvalue weighted by atomic mass is 16.5. The van der Waals surface area contributed by atoms with Crippen LogP contribution in [-0.4, -0.2) is 30.4 Å². The van der Waals surface area contributed by atoms with E-state index in [2.05, 4.69) is 0 Å². The minimum Gasteiger partial charge on any atom is -0.504 e. The summed E-state index contributed by atoms with van der Waals surface area (Å²) in [7, 11) is 2.99. The molecule has 0 bridgehead atoms. The summed E-state index contributed by atoms with van der Waals surface area (Å²) in [5.74, 6) is 0.397. The maximum atomic E-state index is 10.7. The Balaban J connectivity index is 2.09. The SMILES string of the molecule is COc1ccc(-c2cc3cc(/C=C/C(=O)O)cc(OC)c3o2)cc1O. The number of phenols is 1. The number of phenolic OH excluding ortho intramolecular Hbond substituents is 1. The van der Waals surface area contributed by atoms with Gasteiger partial charge in [-0.2, -0.15) is 0 Å². The molecule has 0 atom stereocenters. The van der Waals surface area contributed by atoms with Crippen molar-refractivity contribution >= 4 is 23.0 Å². The second kappa shape index (κ2) is 6.60. The molecule has 0 unspecified atom stereocenters. The third kappa shape index (κ3) is 3.28. The standard InChI is InChI=1S/C19H16O6/c1-23-15-5-4-12(9-14(15)20)16-10-13-7-11(3-6-18(21)22)8-17(24-2)19(13)25-16/h3-10,20H,1-2H3,(H,21,22)/b6-3+. The molecular weight excluding hydrogens is 324 g/mol. The van der Waals surface area contributed by atoms with Gasteiger partial charge >= 0.3 is 5.97 Å². The first kappa shape index (κ1) is 16.4. The average molecular weight is 340 g/mol. The van der Waals surface area contributed by atoms with Crippen LogP contribution in [0.4, 0.5) is 0 Å². The first-order valence-corrected chi connectivity index (χ1v) is 7.42. The van der Waals surface area contributed by atoms with Crippen molar-refractivity contribution in [3.8, 4) is 28.6 Å². The third-order valence-corrected chi connectivity index (χ3v) is 3.71. The Kier molecular flexibility index (Phi) is 4.35. The fraction of sp³-hybridized carbons (Fsp3) is 0.105. The molecule has 0 aliphatic rings. The zero-order valence-electron chi connectivity index (χ0n) is 13.6. The summed E-state index contributed by atoms with van der Waals surface area (Å²) in [6.07, 6.45) is 2.54. The number of aromatic hydroxyl groups is 1. The van der Waals surface area contributed by atoms with E-state index in [0.717, 1.165) is 11.5 Å². The largest absolute Gasteiger partial charge is 0.504 e. The molecule has 25 heavy (non-hydrogen) atoms. The Morgan fingerprint density at radius 1 is 1.08 bits per heavy atom. The molecule has 0 spiro atoms. The minimum atomic E-state index is -1.03. The number of hydrogen-bond acceptors (Lipinski definition) is 5. The third-order valence-electron chi connectivity index (χ3n) is 3.71. The van der Waals surface area contributed by atoms with Gasteiger partial charge in [0.15, 0.2) is 22.8 Å². The minimum absolute atomic E-state index is 0.0116. The van der Waals surface area contributed by atoms with Crippen LogP contribution in [0.2, 0.25) is 0 Å². The number of hydrogen-bond donors (Lipinski definition) is 2.